The quantitative estimate of drug-likeness (QED) is 0.506. The number of carbonyl (C=O) groups is 1. The molecule has 5 heteroatoms. The van der Waals surface area contributed by atoms with Crippen molar-refractivity contribution >= 4 is 34.3 Å². The van der Waals surface area contributed by atoms with Gasteiger partial charge in [-0.2, -0.15) is 5.26 Å². The fraction of sp³-hybridized carbons (Fsp3) is 0.182. The first-order valence-electron chi connectivity index (χ1n) is 8.91. The van der Waals surface area contributed by atoms with Gasteiger partial charge in [-0.3, -0.25) is 4.79 Å². The second-order valence-electron chi connectivity index (χ2n) is 6.03. The lowest BCUT2D eigenvalue weighted by atomic mass is 10.1. The predicted octanol–water partition coefficient (Wildman–Crippen LogP) is 4.82. The van der Waals surface area contributed by atoms with Crippen molar-refractivity contribution in [2.45, 2.75) is 13.8 Å². The molecule has 0 atom stereocenters. The molecule has 1 N–H and O–H groups in total. The average molecular weight is 359 g/mol. The van der Waals surface area contributed by atoms with Crippen LogP contribution in [0.4, 0.5) is 11.6 Å². The minimum Gasteiger partial charge on any atom is -0.441 e. The van der Waals surface area contributed by atoms with E-state index in [1.807, 2.05) is 68.4 Å². The van der Waals surface area contributed by atoms with E-state index in [0.717, 1.165) is 29.7 Å². The van der Waals surface area contributed by atoms with Gasteiger partial charge in [0, 0.05) is 30.9 Å². The molecule has 0 radical (unpaired) electrons. The number of rotatable bonds is 6. The number of benzene rings is 2. The maximum atomic E-state index is 12.5. The average Bonchev–Trinajstić information content (AvgIpc) is 3.15. The maximum absolute atomic E-state index is 12.5. The molecular weight excluding hydrogens is 338 g/mol. The summed E-state index contributed by atoms with van der Waals surface area (Å²) in [5, 5.41) is 14.3. The third-order valence-electron chi connectivity index (χ3n) is 4.35. The highest BCUT2D eigenvalue weighted by Gasteiger charge is 2.12. The topological polar surface area (TPSA) is 69.3 Å². The highest BCUT2D eigenvalue weighted by atomic mass is 16.4. The van der Waals surface area contributed by atoms with Crippen molar-refractivity contribution in [3.63, 3.8) is 0 Å². The molecule has 2 aromatic carbocycles. The van der Waals surface area contributed by atoms with Gasteiger partial charge >= 0.3 is 0 Å². The zero-order valence-corrected chi connectivity index (χ0v) is 15.4. The maximum Gasteiger partial charge on any atom is 0.266 e. The van der Waals surface area contributed by atoms with E-state index in [-0.39, 0.29) is 5.57 Å². The Morgan fingerprint density at radius 1 is 1.11 bits per heavy atom. The van der Waals surface area contributed by atoms with Crippen molar-refractivity contribution in [3.8, 4) is 6.07 Å². The summed E-state index contributed by atoms with van der Waals surface area (Å²) >= 11 is 0. The molecule has 0 saturated carbocycles. The summed E-state index contributed by atoms with van der Waals surface area (Å²) in [6.45, 7) is 5.72. The zero-order chi connectivity index (χ0) is 19.2. The lowest BCUT2D eigenvalue weighted by molar-refractivity contribution is -0.112. The Morgan fingerprint density at radius 3 is 2.56 bits per heavy atom. The first-order chi connectivity index (χ1) is 13.1. The molecule has 27 heavy (non-hydrogen) atoms. The van der Waals surface area contributed by atoms with E-state index in [2.05, 4.69) is 10.2 Å². The number of anilines is 2. The van der Waals surface area contributed by atoms with E-state index < -0.39 is 5.91 Å². The van der Waals surface area contributed by atoms with Gasteiger partial charge in [0.2, 0.25) is 0 Å². The summed E-state index contributed by atoms with van der Waals surface area (Å²) in [5.74, 6) is 0.731. The van der Waals surface area contributed by atoms with Gasteiger partial charge in [0.15, 0.2) is 5.88 Å². The van der Waals surface area contributed by atoms with Crippen molar-refractivity contribution in [1.82, 2.24) is 0 Å². The normalized spacial score (nSPS) is 11.2. The molecule has 1 aromatic heterocycles. The smallest absolute Gasteiger partial charge is 0.266 e. The fourth-order valence-corrected chi connectivity index (χ4v) is 2.88. The van der Waals surface area contributed by atoms with E-state index >= 15 is 0 Å². The third-order valence-corrected chi connectivity index (χ3v) is 4.35. The predicted molar refractivity (Wildman–Crippen MR) is 108 cm³/mol. The molecule has 1 heterocycles. The number of furan rings is 1. The molecule has 0 aliphatic rings. The number of nitrogens with zero attached hydrogens (tertiary/aromatic N) is 2. The first kappa shape index (κ1) is 18.3. The van der Waals surface area contributed by atoms with Crippen molar-refractivity contribution in [1.29, 1.82) is 5.26 Å². The van der Waals surface area contributed by atoms with Crippen molar-refractivity contribution < 1.29 is 9.21 Å². The molecule has 0 spiro atoms. The van der Waals surface area contributed by atoms with Gasteiger partial charge in [0.1, 0.15) is 17.4 Å². The van der Waals surface area contributed by atoms with Crippen LogP contribution in [0.25, 0.3) is 16.8 Å². The van der Waals surface area contributed by atoms with Crippen LogP contribution in [0.2, 0.25) is 0 Å². The largest absolute Gasteiger partial charge is 0.441 e. The number of carbonyl (C=O) groups excluding carboxylic acids is 1. The van der Waals surface area contributed by atoms with Crippen LogP contribution in [0, 0.1) is 11.3 Å². The molecule has 5 nitrogen and oxygen atoms in total. The Balaban J connectivity index is 1.79. The molecule has 0 aliphatic carbocycles. The molecule has 1 amide bonds. The van der Waals surface area contributed by atoms with Crippen LogP contribution in [-0.4, -0.2) is 19.0 Å². The van der Waals surface area contributed by atoms with Gasteiger partial charge in [-0.05, 0) is 42.8 Å². The van der Waals surface area contributed by atoms with E-state index in [9.17, 15) is 10.1 Å². The van der Waals surface area contributed by atoms with Gasteiger partial charge < -0.3 is 14.6 Å². The summed E-state index contributed by atoms with van der Waals surface area (Å²) < 4.78 is 5.74. The Labute approximate surface area is 158 Å². The molecule has 0 saturated heterocycles. The van der Waals surface area contributed by atoms with Gasteiger partial charge in [-0.25, -0.2) is 0 Å². The third kappa shape index (κ3) is 4.18. The van der Waals surface area contributed by atoms with E-state index in [1.54, 1.807) is 6.07 Å². The number of hydrogen-bond acceptors (Lipinski definition) is 4. The molecule has 0 fully saturated rings. The van der Waals surface area contributed by atoms with Crippen LogP contribution >= 0.6 is 0 Å². The molecule has 0 unspecified atom stereocenters. The van der Waals surface area contributed by atoms with Crippen LogP contribution < -0.4 is 10.2 Å². The van der Waals surface area contributed by atoms with Gasteiger partial charge in [-0.15, -0.1) is 0 Å². The Bertz CT molecular complexity index is 1020. The number of hydrogen-bond donors (Lipinski definition) is 1. The van der Waals surface area contributed by atoms with Crippen molar-refractivity contribution in [3.05, 3.63) is 65.9 Å². The summed E-state index contributed by atoms with van der Waals surface area (Å²) in [6.07, 6.45) is 1.46. The highest BCUT2D eigenvalue weighted by Crippen LogP contribution is 2.22. The van der Waals surface area contributed by atoms with Crippen LogP contribution in [0.5, 0.6) is 0 Å². The van der Waals surface area contributed by atoms with Crippen molar-refractivity contribution in [2.24, 2.45) is 0 Å². The summed E-state index contributed by atoms with van der Waals surface area (Å²) in [7, 11) is 0. The lowest BCUT2D eigenvalue weighted by Gasteiger charge is -2.16. The SMILES string of the molecule is CCN(CC)c1ccc(/C=C(/C#N)C(=O)Nc2ccc3ccccc3c2)o1. The van der Waals surface area contributed by atoms with Gasteiger partial charge in [0.25, 0.3) is 5.91 Å². The van der Waals surface area contributed by atoms with E-state index in [1.165, 1.54) is 6.08 Å². The summed E-state index contributed by atoms with van der Waals surface area (Å²) in [6, 6.07) is 19.1. The van der Waals surface area contributed by atoms with E-state index in [4.69, 9.17) is 4.42 Å². The van der Waals surface area contributed by atoms with Crippen LogP contribution in [0.3, 0.4) is 0 Å². The van der Waals surface area contributed by atoms with Crippen LogP contribution in [0.1, 0.15) is 19.6 Å². The number of nitrogens with one attached hydrogen (secondary N) is 1. The van der Waals surface area contributed by atoms with Crippen molar-refractivity contribution in [2.75, 3.05) is 23.3 Å². The molecule has 0 bridgehead atoms. The monoisotopic (exact) mass is 359 g/mol. The minimum absolute atomic E-state index is 0.0106. The second-order valence-corrected chi connectivity index (χ2v) is 6.03. The Morgan fingerprint density at radius 2 is 1.85 bits per heavy atom. The molecule has 3 aromatic rings. The van der Waals surface area contributed by atoms with E-state index in [0.29, 0.717) is 11.4 Å². The minimum atomic E-state index is -0.464. The first-order valence-corrected chi connectivity index (χ1v) is 8.91. The van der Waals surface area contributed by atoms with Gasteiger partial charge in [-0.1, -0.05) is 30.3 Å². The van der Waals surface area contributed by atoms with Crippen LogP contribution in [0.15, 0.2) is 64.6 Å². The second kappa shape index (κ2) is 8.24. The number of amides is 1. The number of fused-ring (bicyclic) bond motifs is 1. The Hall–Kier alpha value is -3.52. The summed E-state index contributed by atoms with van der Waals surface area (Å²) in [4.78, 5) is 14.5. The summed E-state index contributed by atoms with van der Waals surface area (Å²) in [5.41, 5.74) is 0.631. The fourth-order valence-electron chi connectivity index (χ4n) is 2.88. The van der Waals surface area contributed by atoms with Gasteiger partial charge in [0.05, 0.1) is 0 Å². The molecule has 136 valence electrons. The Kier molecular flexibility index (Phi) is 5.58. The lowest BCUT2D eigenvalue weighted by Crippen LogP contribution is -2.20. The highest BCUT2D eigenvalue weighted by molar-refractivity contribution is 6.10. The molecule has 3 rings (SSSR count). The molecule has 0 aliphatic heterocycles. The zero-order valence-electron chi connectivity index (χ0n) is 15.4. The van der Waals surface area contributed by atoms with Crippen LogP contribution in [-0.2, 0) is 4.79 Å². The standard InChI is InChI=1S/C22H21N3O2/c1-3-25(4-2)21-12-11-20(27-21)14-18(15-23)22(26)24-19-10-9-16-7-5-6-8-17(16)13-19/h5-14H,3-4H2,1-2H3,(H,24,26)/b18-14-. The number of nitriles is 1. The molecular formula is C22H21N3O2.